The molecule has 128 valence electrons. The zero-order chi connectivity index (χ0) is 17.7. The predicted molar refractivity (Wildman–Crippen MR) is 95.1 cm³/mol. The Morgan fingerprint density at radius 3 is 2.29 bits per heavy atom. The van der Waals surface area contributed by atoms with E-state index in [2.05, 4.69) is 36.4 Å². The highest BCUT2D eigenvalue weighted by Crippen LogP contribution is 2.27. The number of benzene rings is 1. The number of aromatic nitrogens is 1. The van der Waals surface area contributed by atoms with Crippen molar-refractivity contribution in [2.75, 3.05) is 24.9 Å². The lowest BCUT2D eigenvalue weighted by molar-refractivity contribution is 0.102. The molecule has 0 unspecified atom stereocenters. The van der Waals surface area contributed by atoms with E-state index in [9.17, 15) is 4.79 Å². The number of methoxy groups -OCH3 is 2. The average molecular weight is 329 g/mol. The zero-order valence-electron chi connectivity index (χ0n) is 14.6. The summed E-state index contributed by atoms with van der Waals surface area (Å²) >= 11 is 0. The van der Waals surface area contributed by atoms with Crippen LogP contribution >= 0.6 is 0 Å². The normalized spacial score (nSPS) is 10.9. The van der Waals surface area contributed by atoms with E-state index in [1.807, 2.05) is 6.07 Å². The van der Waals surface area contributed by atoms with Crippen LogP contribution in [0.1, 0.15) is 31.1 Å². The molecule has 1 aromatic carbocycles. The Morgan fingerprint density at radius 1 is 1.04 bits per heavy atom. The fourth-order valence-electron chi connectivity index (χ4n) is 2.11. The Bertz CT molecular complexity index is 706. The first kappa shape index (κ1) is 17.6. The molecule has 1 amide bonds. The quantitative estimate of drug-likeness (QED) is 0.877. The first-order valence-electron chi connectivity index (χ1n) is 7.60. The molecule has 0 aliphatic rings. The maximum absolute atomic E-state index is 12.3. The van der Waals surface area contributed by atoms with E-state index < -0.39 is 0 Å². The van der Waals surface area contributed by atoms with Gasteiger partial charge in [0.2, 0.25) is 0 Å². The van der Waals surface area contributed by atoms with Crippen molar-refractivity contribution in [2.45, 2.75) is 26.3 Å². The molecule has 0 saturated heterocycles. The monoisotopic (exact) mass is 329 g/mol. The number of hydrogen-bond acceptors (Lipinski definition) is 5. The summed E-state index contributed by atoms with van der Waals surface area (Å²) in [4.78, 5) is 16.6. The van der Waals surface area contributed by atoms with Crippen molar-refractivity contribution in [2.24, 2.45) is 0 Å². The number of ether oxygens (including phenoxy) is 2. The summed E-state index contributed by atoms with van der Waals surface area (Å²) in [5, 5.41) is 6.08. The fraction of sp³-hybridized carbons (Fsp3) is 0.333. The molecular formula is C18H23N3O3. The zero-order valence-corrected chi connectivity index (χ0v) is 14.6. The second kappa shape index (κ2) is 7.21. The summed E-state index contributed by atoms with van der Waals surface area (Å²) in [6.07, 6.45) is 1.62. The van der Waals surface area contributed by atoms with E-state index in [0.29, 0.717) is 22.7 Å². The van der Waals surface area contributed by atoms with Crippen LogP contribution in [-0.2, 0) is 0 Å². The Hall–Kier alpha value is -2.76. The molecule has 0 saturated carbocycles. The van der Waals surface area contributed by atoms with E-state index in [1.54, 1.807) is 37.6 Å². The molecular weight excluding hydrogens is 306 g/mol. The number of hydrogen-bond donors (Lipinski definition) is 2. The lowest BCUT2D eigenvalue weighted by Gasteiger charge is -2.21. The average Bonchev–Trinajstić information content (AvgIpc) is 2.54. The van der Waals surface area contributed by atoms with E-state index >= 15 is 0 Å². The molecule has 2 N–H and O–H groups in total. The van der Waals surface area contributed by atoms with Gasteiger partial charge in [0.15, 0.2) is 11.5 Å². The summed E-state index contributed by atoms with van der Waals surface area (Å²) in [6, 6.07) is 8.65. The van der Waals surface area contributed by atoms with E-state index in [-0.39, 0.29) is 11.4 Å². The number of nitrogens with one attached hydrogen (secondary N) is 2. The first-order chi connectivity index (χ1) is 11.3. The van der Waals surface area contributed by atoms with Crippen molar-refractivity contribution >= 4 is 17.4 Å². The van der Waals surface area contributed by atoms with Crippen LogP contribution in [0.2, 0.25) is 0 Å². The third-order valence-corrected chi connectivity index (χ3v) is 3.17. The van der Waals surface area contributed by atoms with E-state index in [4.69, 9.17) is 9.47 Å². The maximum atomic E-state index is 12.3. The van der Waals surface area contributed by atoms with Gasteiger partial charge in [0.25, 0.3) is 5.91 Å². The molecule has 1 heterocycles. The molecule has 0 aliphatic carbocycles. The van der Waals surface area contributed by atoms with Gasteiger partial charge in [-0.2, -0.15) is 0 Å². The number of anilines is 2. The third-order valence-electron chi connectivity index (χ3n) is 3.17. The number of amides is 1. The molecule has 2 aromatic rings. The summed E-state index contributed by atoms with van der Waals surface area (Å²) in [5.74, 6) is 1.60. The van der Waals surface area contributed by atoms with Crippen LogP contribution in [0.3, 0.4) is 0 Å². The lowest BCUT2D eigenvalue weighted by Crippen LogP contribution is -2.26. The van der Waals surface area contributed by atoms with Crippen LogP contribution in [0, 0.1) is 0 Å². The Balaban J connectivity index is 2.09. The lowest BCUT2D eigenvalue weighted by atomic mass is 10.1. The molecule has 0 bridgehead atoms. The number of nitrogens with zero attached hydrogens (tertiary/aromatic N) is 1. The fourth-order valence-corrected chi connectivity index (χ4v) is 2.11. The topological polar surface area (TPSA) is 72.5 Å². The minimum atomic E-state index is -0.241. The Labute approximate surface area is 142 Å². The number of carbonyl (C=O) groups excluding carboxylic acids is 1. The van der Waals surface area contributed by atoms with Gasteiger partial charge in [0, 0.05) is 11.1 Å². The second-order valence-electron chi connectivity index (χ2n) is 6.33. The van der Waals surface area contributed by atoms with Gasteiger partial charge in [0.1, 0.15) is 5.82 Å². The highest BCUT2D eigenvalue weighted by molar-refractivity contribution is 6.04. The van der Waals surface area contributed by atoms with Crippen LogP contribution in [0.5, 0.6) is 11.5 Å². The van der Waals surface area contributed by atoms with Gasteiger partial charge in [-0.05, 0) is 51.1 Å². The van der Waals surface area contributed by atoms with Gasteiger partial charge in [-0.15, -0.1) is 0 Å². The smallest absolute Gasteiger partial charge is 0.255 e. The van der Waals surface area contributed by atoms with Crippen molar-refractivity contribution < 1.29 is 14.3 Å². The van der Waals surface area contributed by atoms with Crippen molar-refractivity contribution in [1.29, 1.82) is 0 Å². The van der Waals surface area contributed by atoms with Crippen LogP contribution in [0.15, 0.2) is 36.5 Å². The van der Waals surface area contributed by atoms with Crippen molar-refractivity contribution in [3.8, 4) is 11.5 Å². The van der Waals surface area contributed by atoms with Gasteiger partial charge in [0.05, 0.1) is 26.1 Å². The van der Waals surface area contributed by atoms with Crippen LogP contribution in [0.4, 0.5) is 11.5 Å². The molecule has 0 fully saturated rings. The third kappa shape index (κ3) is 4.62. The van der Waals surface area contributed by atoms with Crippen molar-refractivity contribution in [1.82, 2.24) is 4.98 Å². The van der Waals surface area contributed by atoms with Gasteiger partial charge >= 0.3 is 0 Å². The highest BCUT2D eigenvalue weighted by atomic mass is 16.5. The summed E-state index contributed by atoms with van der Waals surface area (Å²) in [6.45, 7) is 6.17. The van der Waals surface area contributed by atoms with Crippen molar-refractivity contribution in [3.63, 3.8) is 0 Å². The number of pyridine rings is 1. The summed E-state index contributed by atoms with van der Waals surface area (Å²) < 4.78 is 10.4. The van der Waals surface area contributed by atoms with E-state index in [0.717, 1.165) is 5.82 Å². The molecule has 6 heteroatoms. The predicted octanol–water partition coefficient (Wildman–Crippen LogP) is 3.56. The van der Waals surface area contributed by atoms with Gasteiger partial charge in [-0.25, -0.2) is 4.98 Å². The Morgan fingerprint density at radius 2 is 1.75 bits per heavy atom. The largest absolute Gasteiger partial charge is 0.493 e. The van der Waals surface area contributed by atoms with Gasteiger partial charge in [-0.1, -0.05) is 0 Å². The molecule has 0 atom stereocenters. The first-order valence-corrected chi connectivity index (χ1v) is 7.60. The molecule has 0 radical (unpaired) electrons. The molecule has 1 aromatic heterocycles. The molecule has 0 aliphatic heterocycles. The molecule has 6 nitrogen and oxygen atoms in total. The minimum absolute atomic E-state index is 0.0720. The van der Waals surface area contributed by atoms with E-state index in [1.165, 1.54) is 7.11 Å². The van der Waals surface area contributed by atoms with Crippen molar-refractivity contribution in [3.05, 3.63) is 42.1 Å². The van der Waals surface area contributed by atoms with Gasteiger partial charge in [-0.3, -0.25) is 4.79 Å². The van der Waals surface area contributed by atoms with Crippen LogP contribution in [0.25, 0.3) is 0 Å². The summed E-state index contributed by atoms with van der Waals surface area (Å²) in [5.41, 5.74) is 1.02. The number of carbonyl (C=O) groups is 1. The number of rotatable bonds is 5. The van der Waals surface area contributed by atoms with Crippen LogP contribution < -0.4 is 20.1 Å². The standard InChI is InChI=1S/C18H23N3O3/c1-18(2,3)21-16-9-7-13(11-19-16)20-17(22)12-6-8-14(23-4)15(10-12)24-5/h6-11H,1-5H3,(H,19,21)(H,20,22). The molecule has 2 rings (SSSR count). The molecule has 0 spiro atoms. The minimum Gasteiger partial charge on any atom is -0.493 e. The SMILES string of the molecule is COc1ccc(C(=O)Nc2ccc(NC(C)(C)C)nc2)cc1OC. The van der Waals surface area contributed by atoms with Crippen LogP contribution in [-0.4, -0.2) is 30.6 Å². The van der Waals surface area contributed by atoms with Gasteiger partial charge < -0.3 is 20.1 Å². The highest BCUT2D eigenvalue weighted by Gasteiger charge is 2.12. The molecule has 24 heavy (non-hydrogen) atoms. The summed E-state index contributed by atoms with van der Waals surface area (Å²) in [7, 11) is 3.08. The Kier molecular flexibility index (Phi) is 5.28. The maximum Gasteiger partial charge on any atom is 0.255 e. The second-order valence-corrected chi connectivity index (χ2v) is 6.33.